The molecule has 1 aromatic carbocycles. The standard InChI is InChI=1S/C10H15N.C2H4ClNO/c1-2-3-9-11-10-7-5-4-6-8-10;3-1-2(4)5/h4-8,11H,2-3,9H2,1H3;1H2,(H2,4,5). The van der Waals surface area contributed by atoms with E-state index in [1.54, 1.807) is 0 Å². The van der Waals surface area contributed by atoms with Gasteiger partial charge in [0.05, 0.1) is 0 Å². The number of amides is 1. The highest BCUT2D eigenvalue weighted by Gasteiger charge is 1.86. The van der Waals surface area contributed by atoms with Crippen molar-refractivity contribution >= 4 is 23.2 Å². The number of para-hydroxylation sites is 1. The van der Waals surface area contributed by atoms with Gasteiger partial charge in [0.25, 0.3) is 0 Å². The van der Waals surface area contributed by atoms with Gasteiger partial charge >= 0.3 is 0 Å². The quantitative estimate of drug-likeness (QED) is 0.616. The second kappa shape index (κ2) is 10.3. The number of benzene rings is 1. The molecule has 0 unspecified atom stereocenters. The summed E-state index contributed by atoms with van der Waals surface area (Å²) in [5.74, 6) is -0.563. The molecule has 0 aliphatic heterocycles. The van der Waals surface area contributed by atoms with Crippen LogP contribution in [0.4, 0.5) is 5.69 Å². The first kappa shape index (κ1) is 14.8. The third-order valence-electron chi connectivity index (χ3n) is 1.76. The van der Waals surface area contributed by atoms with Crippen LogP contribution in [-0.4, -0.2) is 18.3 Å². The summed E-state index contributed by atoms with van der Waals surface area (Å²) in [5, 5.41) is 3.35. The molecular formula is C12H19ClN2O. The van der Waals surface area contributed by atoms with Crippen LogP contribution in [0.2, 0.25) is 0 Å². The third-order valence-corrected chi connectivity index (χ3v) is 2.03. The van der Waals surface area contributed by atoms with Gasteiger partial charge in [-0.25, -0.2) is 0 Å². The Balaban J connectivity index is 0.000000385. The number of carbonyl (C=O) groups excluding carboxylic acids is 1. The fraction of sp³-hybridized carbons (Fsp3) is 0.417. The van der Waals surface area contributed by atoms with Crippen molar-refractivity contribution in [1.29, 1.82) is 0 Å². The molecule has 1 aromatic rings. The zero-order valence-electron chi connectivity index (χ0n) is 9.58. The van der Waals surface area contributed by atoms with Crippen molar-refractivity contribution in [1.82, 2.24) is 0 Å². The zero-order chi connectivity index (χ0) is 12.2. The predicted octanol–water partition coefficient (Wildman–Crippen LogP) is 2.61. The van der Waals surface area contributed by atoms with E-state index < -0.39 is 5.91 Å². The highest BCUT2D eigenvalue weighted by molar-refractivity contribution is 6.27. The lowest BCUT2D eigenvalue weighted by Crippen LogP contribution is -2.10. The van der Waals surface area contributed by atoms with Gasteiger partial charge in [0, 0.05) is 12.2 Å². The number of carbonyl (C=O) groups is 1. The van der Waals surface area contributed by atoms with Crippen LogP contribution >= 0.6 is 11.6 Å². The van der Waals surface area contributed by atoms with Crippen molar-refractivity contribution in [2.24, 2.45) is 5.73 Å². The second-order valence-corrected chi connectivity index (χ2v) is 3.51. The molecule has 0 aliphatic rings. The molecule has 3 N–H and O–H groups in total. The highest BCUT2D eigenvalue weighted by atomic mass is 35.5. The van der Waals surface area contributed by atoms with E-state index in [9.17, 15) is 4.79 Å². The molecule has 4 heteroatoms. The summed E-state index contributed by atoms with van der Waals surface area (Å²) in [6, 6.07) is 10.3. The van der Waals surface area contributed by atoms with E-state index in [4.69, 9.17) is 11.6 Å². The van der Waals surface area contributed by atoms with Gasteiger partial charge in [-0.05, 0) is 18.6 Å². The molecule has 0 aromatic heterocycles. The van der Waals surface area contributed by atoms with Gasteiger partial charge in [-0.3, -0.25) is 4.79 Å². The van der Waals surface area contributed by atoms with E-state index in [1.807, 2.05) is 18.2 Å². The summed E-state index contributed by atoms with van der Waals surface area (Å²) in [6.45, 7) is 3.28. The minimum Gasteiger partial charge on any atom is -0.385 e. The number of anilines is 1. The van der Waals surface area contributed by atoms with E-state index in [0.717, 1.165) is 6.54 Å². The number of alkyl halides is 1. The molecule has 0 saturated carbocycles. The van der Waals surface area contributed by atoms with Crippen molar-refractivity contribution in [3.8, 4) is 0 Å². The summed E-state index contributed by atoms with van der Waals surface area (Å²) >= 11 is 4.86. The Kier molecular flexibility index (Phi) is 9.52. The lowest BCUT2D eigenvalue weighted by molar-refractivity contribution is -0.115. The van der Waals surface area contributed by atoms with Gasteiger partial charge in [0.15, 0.2) is 0 Å². The molecule has 0 radical (unpaired) electrons. The average molecular weight is 243 g/mol. The van der Waals surface area contributed by atoms with Crippen molar-refractivity contribution < 1.29 is 4.79 Å². The van der Waals surface area contributed by atoms with Crippen LogP contribution in [-0.2, 0) is 4.79 Å². The fourth-order valence-electron chi connectivity index (χ4n) is 0.966. The Bertz CT molecular complexity index is 278. The second-order valence-electron chi connectivity index (χ2n) is 3.25. The molecular weight excluding hydrogens is 224 g/mol. The van der Waals surface area contributed by atoms with Crippen molar-refractivity contribution in [3.05, 3.63) is 30.3 Å². The van der Waals surface area contributed by atoms with E-state index in [0.29, 0.717) is 0 Å². The van der Waals surface area contributed by atoms with E-state index >= 15 is 0 Å². The smallest absolute Gasteiger partial charge is 0.232 e. The zero-order valence-corrected chi connectivity index (χ0v) is 10.3. The molecule has 0 spiro atoms. The molecule has 90 valence electrons. The molecule has 0 fully saturated rings. The van der Waals surface area contributed by atoms with Crippen LogP contribution in [0.5, 0.6) is 0 Å². The predicted molar refractivity (Wildman–Crippen MR) is 69.8 cm³/mol. The number of halogens is 1. The highest BCUT2D eigenvalue weighted by Crippen LogP contribution is 2.04. The molecule has 1 rings (SSSR count). The van der Waals surface area contributed by atoms with Crippen molar-refractivity contribution in [2.75, 3.05) is 17.7 Å². The largest absolute Gasteiger partial charge is 0.385 e. The lowest BCUT2D eigenvalue weighted by Gasteiger charge is -2.03. The topological polar surface area (TPSA) is 55.1 Å². The monoisotopic (exact) mass is 242 g/mol. The van der Waals surface area contributed by atoms with Crippen LogP contribution in [0.3, 0.4) is 0 Å². The maximum absolute atomic E-state index is 9.46. The van der Waals surface area contributed by atoms with Crippen LogP contribution in [0, 0.1) is 0 Å². The number of hydrogen-bond donors (Lipinski definition) is 2. The maximum Gasteiger partial charge on any atom is 0.232 e. The molecule has 0 aliphatic carbocycles. The summed E-state index contributed by atoms with van der Waals surface area (Å²) in [5.41, 5.74) is 5.74. The number of nitrogens with two attached hydrogens (primary N) is 1. The molecule has 16 heavy (non-hydrogen) atoms. The first-order chi connectivity index (χ1) is 7.70. The first-order valence-electron chi connectivity index (χ1n) is 5.33. The maximum atomic E-state index is 9.46. The van der Waals surface area contributed by atoms with E-state index in [1.165, 1.54) is 18.5 Å². The van der Waals surface area contributed by atoms with Gasteiger partial charge < -0.3 is 11.1 Å². The van der Waals surface area contributed by atoms with Crippen LogP contribution < -0.4 is 11.1 Å². The Labute approximate surface area is 102 Å². The van der Waals surface area contributed by atoms with Gasteiger partial charge in [0.1, 0.15) is 5.88 Å². The molecule has 0 heterocycles. The van der Waals surface area contributed by atoms with Gasteiger partial charge in [-0.15, -0.1) is 11.6 Å². The Hall–Kier alpha value is -1.22. The van der Waals surface area contributed by atoms with Crippen molar-refractivity contribution in [3.63, 3.8) is 0 Å². The average Bonchev–Trinajstić information content (AvgIpc) is 2.31. The molecule has 1 amide bonds. The summed E-state index contributed by atoms with van der Waals surface area (Å²) in [4.78, 5) is 9.46. The third kappa shape index (κ3) is 9.34. The summed E-state index contributed by atoms with van der Waals surface area (Å²) in [6.07, 6.45) is 2.49. The number of nitrogens with one attached hydrogen (secondary N) is 1. The molecule has 0 bridgehead atoms. The number of unbranched alkanes of at least 4 members (excludes halogenated alkanes) is 1. The summed E-state index contributed by atoms with van der Waals surface area (Å²) in [7, 11) is 0. The van der Waals surface area contributed by atoms with E-state index in [2.05, 4.69) is 30.1 Å². The molecule has 3 nitrogen and oxygen atoms in total. The minimum atomic E-state index is -0.480. The number of primary amides is 1. The number of hydrogen-bond acceptors (Lipinski definition) is 2. The van der Waals surface area contributed by atoms with Gasteiger partial charge in [0.2, 0.25) is 5.91 Å². The Morgan fingerprint density at radius 1 is 1.38 bits per heavy atom. The minimum absolute atomic E-state index is 0.0833. The Morgan fingerprint density at radius 2 is 1.94 bits per heavy atom. The Morgan fingerprint density at radius 3 is 2.38 bits per heavy atom. The fourth-order valence-corrected chi connectivity index (χ4v) is 0.966. The first-order valence-corrected chi connectivity index (χ1v) is 5.87. The number of rotatable bonds is 5. The van der Waals surface area contributed by atoms with Gasteiger partial charge in [-0.2, -0.15) is 0 Å². The SMILES string of the molecule is CCCCNc1ccccc1.NC(=O)CCl. The van der Waals surface area contributed by atoms with Crippen LogP contribution in [0.25, 0.3) is 0 Å². The molecule has 0 atom stereocenters. The lowest BCUT2D eigenvalue weighted by atomic mass is 10.3. The van der Waals surface area contributed by atoms with E-state index in [-0.39, 0.29) is 5.88 Å². The molecule has 0 saturated heterocycles. The van der Waals surface area contributed by atoms with Crippen LogP contribution in [0.1, 0.15) is 19.8 Å². The van der Waals surface area contributed by atoms with Crippen molar-refractivity contribution in [2.45, 2.75) is 19.8 Å². The normalized spacial score (nSPS) is 8.88. The van der Waals surface area contributed by atoms with Crippen LogP contribution in [0.15, 0.2) is 30.3 Å². The summed E-state index contributed by atoms with van der Waals surface area (Å²) < 4.78 is 0. The van der Waals surface area contributed by atoms with Gasteiger partial charge in [-0.1, -0.05) is 31.5 Å².